The number of nitrogens with zero attached hydrogens (tertiary/aromatic N) is 1. The smallest absolute Gasteiger partial charge is 0.407 e. The van der Waals surface area contributed by atoms with Crippen molar-refractivity contribution in [1.29, 1.82) is 0 Å². The molecule has 3 atom stereocenters. The van der Waals surface area contributed by atoms with Gasteiger partial charge in [-0.1, -0.05) is 6.92 Å². The minimum atomic E-state index is -0.901. The van der Waals surface area contributed by atoms with Crippen LogP contribution in [-0.2, 0) is 9.53 Å². The summed E-state index contributed by atoms with van der Waals surface area (Å²) in [6, 6.07) is -0.186. The topological polar surface area (TPSA) is 66.8 Å². The van der Waals surface area contributed by atoms with E-state index in [-0.39, 0.29) is 29.3 Å². The standard InChI is InChI=1S/C13H21NO4/c1-8(9(2)15)11(18-3)10-6-13(4-5-13)7-14(10)12(16)17/h8,10-11H,4-7H2,1-3H3,(H,16,17)/t8-,10-,11+/m0/s1. The SMILES string of the molecule is CO[C@H]([C@@H](C)C(C)=O)[C@@H]1CC2(CC2)CN1C(=O)O. The van der Waals surface area contributed by atoms with Gasteiger partial charge in [0.25, 0.3) is 0 Å². The summed E-state index contributed by atoms with van der Waals surface area (Å²) in [5, 5.41) is 9.29. The molecule has 2 rings (SSSR count). The van der Waals surface area contributed by atoms with Crippen LogP contribution < -0.4 is 0 Å². The molecule has 1 saturated heterocycles. The molecule has 0 aromatic carbocycles. The van der Waals surface area contributed by atoms with Crippen molar-refractivity contribution in [3.05, 3.63) is 0 Å². The zero-order valence-corrected chi connectivity index (χ0v) is 11.2. The highest BCUT2D eigenvalue weighted by atomic mass is 16.5. The molecule has 2 aliphatic rings. The monoisotopic (exact) mass is 255 g/mol. The third-order valence-corrected chi connectivity index (χ3v) is 4.54. The Bertz CT molecular complexity index is 364. The zero-order valence-electron chi connectivity index (χ0n) is 11.2. The van der Waals surface area contributed by atoms with E-state index in [1.165, 1.54) is 11.8 Å². The van der Waals surface area contributed by atoms with E-state index in [9.17, 15) is 14.7 Å². The lowest BCUT2D eigenvalue weighted by Gasteiger charge is -2.31. The highest BCUT2D eigenvalue weighted by molar-refractivity contribution is 5.78. The average Bonchev–Trinajstić information content (AvgIpc) is 2.93. The number of amides is 1. The summed E-state index contributed by atoms with van der Waals surface area (Å²) in [6.07, 6.45) is 1.78. The van der Waals surface area contributed by atoms with Crippen LogP contribution in [0.3, 0.4) is 0 Å². The van der Waals surface area contributed by atoms with Crippen LogP contribution in [0, 0.1) is 11.3 Å². The normalized spacial score (nSPS) is 28.2. The number of Topliss-reactive ketones (excluding diaryl/α,β-unsaturated/α-hetero) is 1. The molecule has 5 nitrogen and oxygen atoms in total. The molecule has 1 amide bonds. The van der Waals surface area contributed by atoms with E-state index in [0.717, 1.165) is 19.3 Å². The molecular formula is C13H21NO4. The molecule has 2 fully saturated rings. The number of rotatable bonds is 4. The Balaban J connectivity index is 2.17. The van der Waals surface area contributed by atoms with Crippen LogP contribution >= 0.6 is 0 Å². The number of carboxylic acid groups (broad SMARTS) is 1. The minimum absolute atomic E-state index is 0.0453. The number of carbonyl (C=O) groups is 2. The van der Waals surface area contributed by atoms with Crippen molar-refractivity contribution < 1.29 is 19.4 Å². The van der Waals surface area contributed by atoms with Crippen molar-refractivity contribution in [1.82, 2.24) is 4.90 Å². The summed E-state index contributed by atoms with van der Waals surface area (Å²) in [6.45, 7) is 3.94. The fourth-order valence-electron chi connectivity index (χ4n) is 3.06. The first-order valence-corrected chi connectivity index (χ1v) is 6.43. The first-order valence-electron chi connectivity index (χ1n) is 6.43. The maximum atomic E-state index is 11.5. The van der Waals surface area contributed by atoms with Crippen LogP contribution in [0.15, 0.2) is 0 Å². The lowest BCUT2D eigenvalue weighted by molar-refractivity contribution is -0.126. The van der Waals surface area contributed by atoms with Gasteiger partial charge < -0.3 is 14.7 Å². The minimum Gasteiger partial charge on any atom is -0.465 e. The predicted molar refractivity (Wildman–Crippen MR) is 65.4 cm³/mol. The van der Waals surface area contributed by atoms with E-state index >= 15 is 0 Å². The molecule has 0 aromatic rings. The summed E-state index contributed by atoms with van der Waals surface area (Å²) < 4.78 is 5.43. The second kappa shape index (κ2) is 4.53. The lowest BCUT2D eigenvalue weighted by atomic mass is 9.90. The number of ketones is 1. The van der Waals surface area contributed by atoms with Crippen molar-refractivity contribution in [2.75, 3.05) is 13.7 Å². The van der Waals surface area contributed by atoms with Crippen LogP contribution in [0.4, 0.5) is 4.79 Å². The van der Waals surface area contributed by atoms with E-state index in [1.807, 2.05) is 6.92 Å². The highest BCUT2D eigenvalue weighted by Gasteiger charge is 2.56. The quantitative estimate of drug-likeness (QED) is 0.831. The third-order valence-electron chi connectivity index (χ3n) is 4.54. The number of hydrogen-bond donors (Lipinski definition) is 1. The van der Waals surface area contributed by atoms with Crippen molar-refractivity contribution in [3.63, 3.8) is 0 Å². The average molecular weight is 255 g/mol. The van der Waals surface area contributed by atoms with Gasteiger partial charge in [0.2, 0.25) is 0 Å². The van der Waals surface area contributed by atoms with Crippen LogP contribution in [0.1, 0.15) is 33.1 Å². The number of ether oxygens (including phenoxy) is 1. The molecular weight excluding hydrogens is 234 g/mol. The van der Waals surface area contributed by atoms with Gasteiger partial charge in [0.15, 0.2) is 0 Å². The molecule has 1 N–H and O–H groups in total. The van der Waals surface area contributed by atoms with Gasteiger partial charge in [-0.2, -0.15) is 0 Å². The molecule has 1 saturated carbocycles. The number of hydrogen-bond acceptors (Lipinski definition) is 3. The largest absolute Gasteiger partial charge is 0.465 e. The Morgan fingerprint density at radius 3 is 2.44 bits per heavy atom. The van der Waals surface area contributed by atoms with Gasteiger partial charge in [0, 0.05) is 19.6 Å². The third kappa shape index (κ3) is 2.23. The van der Waals surface area contributed by atoms with E-state index in [4.69, 9.17) is 4.74 Å². The molecule has 102 valence electrons. The molecule has 5 heteroatoms. The molecule has 1 aliphatic carbocycles. The fraction of sp³-hybridized carbons (Fsp3) is 0.846. The van der Waals surface area contributed by atoms with E-state index in [0.29, 0.717) is 6.54 Å². The maximum absolute atomic E-state index is 11.5. The molecule has 0 aromatic heterocycles. The van der Waals surface area contributed by atoms with Gasteiger partial charge in [-0.15, -0.1) is 0 Å². The number of carbonyl (C=O) groups excluding carboxylic acids is 1. The van der Waals surface area contributed by atoms with E-state index in [1.54, 1.807) is 7.11 Å². The van der Waals surface area contributed by atoms with E-state index in [2.05, 4.69) is 0 Å². The Labute approximate surface area is 107 Å². The molecule has 1 aliphatic heterocycles. The van der Waals surface area contributed by atoms with Crippen LogP contribution in [0.2, 0.25) is 0 Å². The summed E-state index contributed by atoms with van der Waals surface area (Å²) in [4.78, 5) is 24.3. The summed E-state index contributed by atoms with van der Waals surface area (Å²) in [5.74, 6) is -0.223. The van der Waals surface area contributed by atoms with Gasteiger partial charge in [-0.05, 0) is 31.6 Å². The van der Waals surface area contributed by atoms with Crippen molar-refractivity contribution in [2.24, 2.45) is 11.3 Å². The molecule has 18 heavy (non-hydrogen) atoms. The second-order valence-electron chi connectivity index (χ2n) is 5.78. The summed E-state index contributed by atoms with van der Waals surface area (Å²) >= 11 is 0. The lowest BCUT2D eigenvalue weighted by Crippen LogP contribution is -2.47. The Kier molecular flexibility index (Phi) is 3.36. The first-order chi connectivity index (χ1) is 8.40. The van der Waals surface area contributed by atoms with Crippen LogP contribution in [-0.4, -0.2) is 47.7 Å². The zero-order chi connectivity index (χ0) is 13.5. The van der Waals surface area contributed by atoms with Crippen molar-refractivity contribution >= 4 is 11.9 Å². The fourth-order valence-corrected chi connectivity index (χ4v) is 3.06. The van der Waals surface area contributed by atoms with Gasteiger partial charge in [-0.25, -0.2) is 4.79 Å². The predicted octanol–water partition coefficient (Wildman–Crippen LogP) is 1.76. The van der Waals surface area contributed by atoms with Crippen LogP contribution in [0.5, 0.6) is 0 Å². The molecule has 0 unspecified atom stereocenters. The second-order valence-corrected chi connectivity index (χ2v) is 5.78. The van der Waals surface area contributed by atoms with Gasteiger partial charge in [-0.3, -0.25) is 4.79 Å². The molecule has 1 heterocycles. The van der Waals surface area contributed by atoms with Crippen molar-refractivity contribution in [2.45, 2.75) is 45.3 Å². The molecule has 0 radical (unpaired) electrons. The van der Waals surface area contributed by atoms with Gasteiger partial charge in [0.1, 0.15) is 5.78 Å². The number of likely N-dealkylation sites (tertiary alicyclic amines) is 1. The Hall–Kier alpha value is -1.10. The van der Waals surface area contributed by atoms with Crippen molar-refractivity contribution in [3.8, 4) is 0 Å². The van der Waals surface area contributed by atoms with Gasteiger partial charge >= 0.3 is 6.09 Å². The summed E-state index contributed by atoms with van der Waals surface area (Å²) in [5.41, 5.74) is 0.177. The molecule has 1 spiro atoms. The maximum Gasteiger partial charge on any atom is 0.407 e. The Morgan fingerprint density at radius 1 is 1.44 bits per heavy atom. The number of methoxy groups -OCH3 is 1. The highest BCUT2D eigenvalue weighted by Crippen LogP contribution is 2.55. The summed E-state index contributed by atoms with van der Waals surface area (Å²) in [7, 11) is 1.56. The first kappa shape index (κ1) is 13.3. The Morgan fingerprint density at radius 2 is 2.06 bits per heavy atom. The molecule has 0 bridgehead atoms. The van der Waals surface area contributed by atoms with Crippen LogP contribution in [0.25, 0.3) is 0 Å². The van der Waals surface area contributed by atoms with Gasteiger partial charge in [0.05, 0.1) is 12.1 Å². The van der Waals surface area contributed by atoms with E-state index < -0.39 is 6.09 Å².